The van der Waals surface area contributed by atoms with Gasteiger partial charge in [0.2, 0.25) is 0 Å². The predicted molar refractivity (Wildman–Crippen MR) is 75.7 cm³/mol. The SMILES string of the molecule is CCC(NC1CCCCC1C)c1ccccc1O. The summed E-state index contributed by atoms with van der Waals surface area (Å²) in [5.74, 6) is 1.17. The second kappa shape index (κ2) is 6.24. The van der Waals surface area contributed by atoms with Crippen LogP contribution < -0.4 is 5.32 Å². The van der Waals surface area contributed by atoms with Crippen LogP contribution in [-0.2, 0) is 0 Å². The first-order chi connectivity index (χ1) is 8.72. The van der Waals surface area contributed by atoms with Crippen LogP contribution in [0.2, 0.25) is 0 Å². The molecule has 2 rings (SSSR count). The Balaban J connectivity index is 2.07. The molecule has 0 spiro atoms. The lowest BCUT2D eigenvalue weighted by atomic mass is 9.85. The van der Waals surface area contributed by atoms with E-state index >= 15 is 0 Å². The highest BCUT2D eigenvalue weighted by Gasteiger charge is 2.24. The van der Waals surface area contributed by atoms with Crippen molar-refractivity contribution in [3.05, 3.63) is 29.8 Å². The van der Waals surface area contributed by atoms with Gasteiger partial charge in [-0.25, -0.2) is 0 Å². The van der Waals surface area contributed by atoms with Crippen molar-refractivity contribution >= 4 is 0 Å². The first kappa shape index (κ1) is 13.4. The maximum absolute atomic E-state index is 9.97. The molecule has 3 atom stereocenters. The Kier molecular flexibility index (Phi) is 4.65. The number of phenols is 1. The third kappa shape index (κ3) is 3.05. The average molecular weight is 247 g/mol. The van der Waals surface area contributed by atoms with E-state index in [9.17, 15) is 5.11 Å². The summed E-state index contributed by atoms with van der Waals surface area (Å²) >= 11 is 0. The number of nitrogens with one attached hydrogen (secondary N) is 1. The van der Waals surface area contributed by atoms with Gasteiger partial charge < -0.3 is 10.4 Å². The van der Waals surface area contributed by atoms with Crippen LogP contribution in [0.25, 0.3) is 0 Å². The van der Waals surface area contributed by atoms with Gasteiger partial charge in [0.05, 0.1) is 0 Å². The maximum Gasteiger partial charge on any atom is 0.120 e. The fourth-order valence-corrected chi connectivity index (χ4v) is 3.03. The van der Waals surface area contributed by atoms with Crippen LogP contribution in [0.4, 0.5) is 0 Å². The molecule has 1 saturated carbocycles. The Morgan fingerprint density at radius 1 is 1.28 bits per heavy atom. The van der Waals surface area contributed by atoms with Crippen molar-refractivity contribution in [1.29, 1.82) is 0 Å². The number of hydrogen-bond donors (Lipinski definition) is 2. The zero-order valence-corrected chi connectivity index (χ0v) is 11.5. The Bertz CT molecular complexity index is 377. The highest BCUT2D eigenvalue weighted by Crippen LogP contribution is 2.30. The Morgan fingerprint density at radius 3 is 2.67 bits per heavy atom. The highest BCUT2D eigenvalue weighted by atomic mass is 16.3. The van der Waals surface area contributed by atoms with Gasteiger partial charge in [-0.15, -0.1) is 0 Å². The van der Waals surface area contributed by atoms with Crippen LogP contribution in [0.1, 0.15) is 57.6 Å². The Hall–Kier alpha value is -1.02. The average Bonchev–Trinajstić information content (AvgIpc) is 2.39. The molecule has 0 saturated heterocycles. The molecular weight excluding hydrogens is 222 g/mol. The molecule has 2 N–H and O–H groups in total. The van der Waals surface area contributed by atoms with Crippen LogP contribution in [0.3, 0.4) is 0 Å². The zero-order valence-electron chi connectivity index (χ0n) is 11.5. The van der Waals surface area contributed by atoms with E-state index < -0.39 is 0 Å². The second-order valence-electron chi connectivity index (χ2n) is 5.55. The van der Waals surface area contributed by atoms with Gasteiger partial charge in [0, 0.05) is 17.6 Å². The summed E-state index contributed by atoms with van der Waals surface area (Å²) in [5.41, 5.74) is 1.04. The van der Waals surface area contributed by atoms with E-state index in [-0.39, 0.29) is 6.04 Å². The van der Waals surface area contributed by atoms with Gasteiger partial charge in [-0.1, -0.05) is 44.9 Å². The zero-order chi connectivity index (χ0) is 13.0. The molecule has 1 aromatic rings. The minimum Gasteiger partial charge on any atom is -0.508 e. The second-order valence-corrected chi connectivity index (χ2v) is 5.55. The van der Waals surface area contributed by atoms with Crippen molar-refractivity contribution in [3.8, 4) is 5.75 Å². The molecule has 0 radical (unpaired) electrons. The van der Waals surface area contributed by atoms with Gasteiger partial charge in [-0.3, -0.25) is 0 Å². The lowest BCUT2D eigenvalue weighted by Gasteiger charge is -2.33. The standard InChI is InChI=1S/C16H25NO/c1-3-14(13-9-5-7-11-16(13)18)17-15-10-6-4-8-12(15)2/h5,7,9,11-12,14-15,17-18H,3-4,6,8,10H2,1-2H3. The summed E-state index contributed by atoms with van der Waals surface area (Å²) in [4.78, 5) is 0. The van der Waals surface area contributed by atoms with Gasteiger partial charge >= 0.3 is 0 Å². The van der Waals surface area contributed by atoms with E-state index in [2.05, 4.69) is 19.2 Å². The Labute approximate surface area is 110 Å². The molecule has 0 amide bonds. The summed E-state index contributed by atoms with van der Waals surface area (Å²) in [7, 11) is 0. The minimum atomic E-state index is 0.275. The van der Waals surface area contributed by atoms with Crippen molar-refractivity contribution in [2.45, 2.75) is 58.0 Å². The van der Waals surface area contributed by atoms with Crippen LogP contribution in [0.15, 0.2) is 24.3 Å². The molecule has 1 aliphatic rings. The number of benzene rings is 1. The third-order valence-electron chi connectivity index (χ3n) is 4.25. The van der Waals surface area contributed by atoms with Crippen molar-refractivity contribution in [3.63, 3.8) is 0 Å². The smallest absolute Gasteiger partial charge is 0.120 e. The summed E-state index contributed by atoms with van der Waals surface area (Å²) in [5, 5.41) is 13.7. The van der Waals surface area contributed by atoms with E-state index in [0.717, 1.165) is 17.9 Å². The molecular formula is C16H25NO. The molecule has 0 heterocycles. The van der Waals surface area contributed by atoms with Gasteiger partial charge in [0.15, 0.2) is 0 Å². The van der Waals surface area contributed by atoms with E-state index in [1.165, 1.54) is 25.7 Å². The molecule has 1 aliphatic carbocycles. The fourth-order valence-electron chi connectivity index (χ4n) is 3.03. The van der Waals surface area contributed by atoms with Crippen molar-refractivity contribution < 1.29 is 5.11 Å². The first-order valence-corrected chi connectivity index (χ1v) is 7.26. The lowest BCUT2D eigenvalue weighted by molar-refractivity contribution is 0.254. The topological polar surface area (TPSA) is 32.3 Å². The molecule has 0 bridgehead atoms. The first-order valence-electron chi connectivity index (χ1n) is 7.26. The van der Waals surface area contributed by atoms with E-state index in [4.69, 9.17) is 0 Å². The summed E-state index contributed by atoms with van der Waals surface area (Å²) in [6.07, 6.45) is 6.31. The number of aromatic hydroxyl groups is 1. The maximum atomic E-state index is 9.97. The largest absolute Gasteiger partial charge is 0.508 e. The number of hydrogen-bond acceptors (Lipinski definition) is 2. The van der Waals surface area contributed by atoms with Crippen LogP contribution >= 0.6 is 0 Å². The Morgan fingerprint density at radius 2 is 2.00 bits per heavy atom. The van der Waals surface area contributed by atoms with Gasteiger partial charge in [-0.2, -0.15) is 0 Å². The van der Waals surface area contributed by atoms with Crippen LogP contribution in [0, 0.1) is 5.92 Å². The van der Waals surface area contributed by atoms with Crippen molar-refractivity contribution in [1.82, 2.24) is 5.32 Å². The van der Waals surface area contributed by atoms with Crippen molar-refractivity contribution in [2.24, 2.45) is 5.92 Å². The quantitative estimate of drug-likeness (QED) is 0.842. The molecule has 2 nitrogen and oxygen atoms in total. The van der Waals surface area contributed by atoms with E-state index in [1.807, 2.05) is 18.2 Å². The summed E-state index contributed by atoms with van der Waals surface area (Å²) in [6.45, 7) is 4.52. The number of phenolic OH excluding ortho intramolecular Hbond substituents is 1. The lowest BCUT2D eigenvalue weighted by Crippen LogP contribution is -2.39. The number of para-hydroxylation sites is 1. The molecule has 100 valence electrons. The predicted octanol–water partition coefficient (Wildman–Crippen LogP) is 4.01. The normalized spacial score (nSPS) is 25.9. The minimum absolute atomic E-state index is 0.275. The summed E-state index contributed by atoms with van der Waals surface area (Å²) < 4.78 is 0. The van der Waals surface area contributed by atoms with Gasteiger partial charge in [0.1, 0.15) is 5.75 Å². The molecule has 18 heavy (non-hydrogen) atoms. The monoisotopic (exact) mass is 247 g/mol. The highest BCUT2D eigenvalue weighted by molar-refractivity contribution is 5.34. The van der Waals surface area contributed by atoms with Gasteiger partial charge in [0.25, 0.3) is 0 Å². The molecule has 1 aromatic carbocycles. The van der Waals surface area contributed by atoms with E-state index in [0.29, 0.717) is 11.8 Å². The summed E-state index contributed by atoms with van der Waals surface area (Å²) in [6, 6.07) is 8.58. The molecule has 0 aromatic heterocycles. The van der Waals surface area contributed by atoms with Crippen LogP contribution in [0.5, 0.6) is 5.75 Å². The molecule has 0 aliphatic heterocycles. The molecule has 2 heteroatoms. The van der Waals surface area contributed by atoms with Crippen molar-refractivity contribution in [2.75, 3.05) is 0 Å². The third-order valence-corrected chi connectivity index (χ3v) is 4.25. The number of rotatable bonds is 4. The molecule has 3 unspecified atom stereocenters. The fraction of sp³-hybridized carbons (Fsp3) is 0.625. The van der Waals surface area contributed by atoms with E-state index in [1.54, 1.807) is 6.07 Å². The van der Waals surface area contributed by atoms with Gasteiger partial charge in [-0.05, 0) is 31.2 Å². The molecule has 1 fully saturated rings. The van der Waals surface area contributed by atoms with Crippen LogP contribution in [-0.4, -0.2) is 11.1 Å².